The number of hydrazine groups is 1. The SMILES string of the molecule is Cc1cccc(C(CCCS(C)(=O)=O)NN)n1. The van der Waals surface area contributed by atoms with E-state index in [2.05, 4.69) is 10.4 Å². The Morgan fingerprint density at radius 1 is 1.47 bits per heavy atom. The maximum atomic E-state index is 11.0. The van der Waals surface area contributed by atoms with Crippen molar-refractivity contribution in [2.24, 2.45) is 5.84 Å². The number of sulfone groups is 1. The summed E-state index contributed by atoms with van der Waals surface area (Å²) in [4.78, 5) is 4.37. The number of hydrogen-bond donors (Lipinski definition) is 2. The van der Waals surface area contributed by atoms with Gasteiger partial charge in [0.1, 0.15) is 9.84 Å². The van der Waals surface area contributed by atoms with E-state index in [-0.39, 0.29) is 11.8 Å². The van der Waals surface area contributed by atoms with Crippen LogP contribution in [0.4, 0.5) is 0 Å². The van der Waals surface area contributed by atoms with Gasteiger partial charge in [-0.25, -0.2) is 8.42 Å². The normalized spacial score (nSPS) is 13.6. The highest BCUT2D eigenvalue weighted by molar-refractivity contribution is 7.90. The molecule has 1 aromatic heterocycles. The first kappa shape index (κ1) is 14.1. The van der Waals surface area contributed by atoms with Crippen LogP contribution < -0.4 is 11.3 Å². The minimum atomic E-state index is -2.91. The van der Waals surface area contributed by atoms with Gasteiger partial charge in [0.25, 0.3) is 0 Å². The zero-order valence-electron chi connectivity index (χ0n) is 10.2. The van der Waals surface area contributed by atoms with Gasteiger partial charge in [0.05, 0.1) is 11.7 Å². The van der Waals surface area contributed by atoms with Crippen molar-refractivity contribution in [2.45, 2.75) is 25.8 Å². The van der Waals surface area contributed by atoms with Crippen molar-refractivity contribution in [1.29, 1.82) is 0 Å². The fourth-order valence-electron chi connectivity index (χ4n) is 1.62. The molecule has 17 heavy (non-hydrogen) atoms. The molecule has 0 saturated heterocycles. The quantitative estimate of drug-likeness (QED) is 0.579. The third kappa shape index (κ3) is 5.25. The lowest BCUT2D eigenvalue weighted by atomic mass is 10.1. The molecule has 1 heterocycles. The number of nitrogens with zero attached hydrogens (tertiary/aromatic N) is 1. The average molecular weight is 257 g/mol. The Bertz CT molecular complexity index is 460. The van der Waals surface area contributed by atoms with E-state index in [1.165, 1.54) is 6.26 Å². The summed E-state index contributed by atoms with van der Waals surface area (Å²) >= 11 is 0. The predicted molar refractivity (Wildman–Crippen MR) is 68.0 cm³/mol. The summed E-state index contributed by atoms with van der Waals surface area (Å²) in [5.74, 6) is 5.64. The monoisotopic (exact) mass is 257 g/mol. The number of nitrogens with two attached hydrogens (primary N) is 1. The summed E-state index contributed by atoms with van der Waals surface area (Å²) in [7, 11) is -2.91. The Balaban J connectivity index is 2.60. The molecule has 0 fully saturated rings. The van der Waals surface area contributed by atoms with Crippen LogP contribution in [0.2, 0.25) is 0 Å². The summed E-state index contributed by atoms with van der Waals surface area (Å²) in [6.07, 6.45) is 2.46. The van der Waals surface area contributed by atoms with Crippen LogP contribution in [0.15, 0.2) is 18.2 Å². The Hall–Kier alpha value is -0.980. The van der Waals surface area contributed by atoms with Gasteiger partial charge in [-0.05, 0) is 31.9 Å². The number of aryl methyl sites for hydroxylation is 1. The van der Waals surface area contributed by atoms with Gasteiger partial charge < -0.3 is 0 Å². The van der Waals surface area contributed by atoms with Crippen LogP contribution in [0, 0.1) is 6.92 Å². The molecule has 6 heteroatoms. The van der Waals surface area contributed by atoms with Gasteiger partial charge in [-0.3, -0.25) is 16.3 Å². The van der Waals surface area contributed by atoms with Crippen molar-refractivity contribution < 1.29 is 8.42 Å². The van der Waals surface area contributed by atoms with E-state index >= 15 is 0 Å². The average Bonchev–Trinajstić information content (AvgIpc) is 2.23. The van der Waals surface area contributed by atoms with Crippen LogP contribution in [-0.4, -0.2) is 25.4 Å². The van der Waals surface area contributed by atoms with Crippen LogP contribution in [0.5, 0.6) is 0 Å². The topological polar surface area (TPSA) is 85.1 Å². The van der Waals surface area contributed by atoms with Gasteiger partial charge in [0.15, 0.2) is 0 Å². The molecule has 3 N–H and O–H groups in total. The summed E-state index contributed by atoms with van der Waals surface area (Å²) < 4.78 is 22.0. The molecule has 0 amide bonds. The summed E-state index contributed by atoms with van der Waals surface area (Å²) in [5.41, 5.74) is 4.44. The van der Waals surface area contributed by atoms with Gasteiger partial charge >= 0.3 is 0 Å². The molecule has 1 unspecified atom stereocenters. The summed E-state index contributed by atoms with van der Waals surface area (Å²) in [5, 5.41) is 0. The minimum Gasteiger partial charge on any atom is -0.271 e. The number of hydrogen-bond acceptors (Lipinski definition) is 5. The highest BCUT2D eigenvalue weighted by atomic mass is 32.2. The van der Waals surface area contributed by atoms with Gasteiger partial charge in [-0.2, -0.15) is 0 Å². The molecule has 1 aromatic rings. The Morgan fingerprint density at radius 3 is 2.71 bits per heavy atom. The maximum absolute atomic E-state index is 11.0. The number of rotatable bonds is 6. The highest BCUT2D eigenvalue weighted by Gasteiger charge is 2.12. The highest BCUT2D eigenvalue weighted by Crippen LogP contribution is 2.16. The third-order valence-electron chi connectivity index (χ3n) is 2.48. The van der Waals surface area contributed by atoms with Crippen LogP contribution in [0.25, 0.3) is 0 Å². The molecule has 1 atom stereocenters. The van der Waals surface area contributed by atoms with Gasteiger partial charge in [-0.1, -0.05) is 6.07 Å². The first-order valence-electron chi connectivity index (χ1n) is 5.50. The lowest BCUT2D eigenvalue weighted by Crippen LogP contribution is -2.29. The first-order chi connectivity index (χ1) is 7.92. The fraction of sp³-hybridized carbons (Fsp3) is 0.545. The Morgan fingerprint density at radius 2 is 2.18 bits per heavy atom. The second kappa shape index (κ2) is 6.09. The number of aromatic nitrogens is 1. The minimum absolute atomic E-state index is 0.100. The zero-order valence-corrected chi connectivity index (χ0v) is 11.0. The van der Waals surface area contributed by atoms with Crippen molar-refractivity contribution in [3.05, 3.63) is 29.6 Å². The lowest BCUT2D eigenvalue weighted by Gasteiger charge is -2.15. The molecule has 1 rings (SSSR count). The third-order valence-corrected chi connectivity index (χ3v) is 3.51. The van der Waals surface area contributed by atoms with E-state index in [1.807, 2.05) is 25.1 Å². The molecule has 0 spiro atoms. The largest absolute Gasteiger partial charge is 0.271 e. The van der Waals surface area contributed by atoms with Gasteiger partial charge in [0.2, 0.25) is 0 Å². The van der Waals surface area contributed by atoms with Crippen LogP contribution >= 0.6 is 0 Å². The second-order valence-corrected chi connectivity index (χ2v) is 6.45. The Kier molecular flexibility index (Phi) is 5.04. The molecule has 0 bridgehead atoms. The molecule has 96 valence electrons. The van der Waals surface area contributed by atoms with E-state index in [0.717, 1.165) is 11.4 Å². The van der Waals surface area contributed by atoms with Crippen molar-refractivity contribution in [3.63, 3.8) is 0 Å². The lowest BCUT2D eigenvalue weighted by molar-refractivity contribution is 0.496. The van der Waals surface area contributed by atoms with E-state index in [0.29, 0.717) is 12.8 Å². The van der Waals surface area contributed by atoms with Crippen molar-refractivity contribution in [2.75, 3.05) is 12.0 Å². The van der Waals surface area contributed by atoms with E-state index in [9.17, 15) is 8.42 Å². The summed E-state index contributed by atoms with van der Waals surface area (Å²) in [6.45, 7) is 1.91. The van der Waals surface area contributed by atoms with Crippen LogP contribution in [0.1, 0.15) is 30.3 Å². The van der Waals surface area contributed by atoms with Crippen LogP contribution in [0.3, 0.4) is 0 Å². The second-order valence-electron chi connectivity index (χ2n) is 4.20. The predicted octanol–water partition coefficient (Wildman–Crippen LogP) is 0.719. The standard InChI is InChI=1S/C11H19N3O2S/c1-9-5-3-6-10(13-9)11(14-12)7-4-8-17(2,15)16/h3,5-6,11,14H,4,7-8,12H2,1-2H3. The van der Waals surface area contributed by atoms with Crippen molar-refractivity contribution >= 4 is 9.84 Å². The van der Waals surface area contributed by atoms with E-state index < -0.39 is 9.84 Å². The molecule has 0 aliphatic heterocycles. The van der Waals surface area contributed by atoms with Gasteiger partial charge in [-0.15, -0.1) is 0 Å². The van der Waals surface area contributed by atoms with Crippen molar-refractivity contribution in [3.8, 4) is 0 Å². The van der Waals surface area contributed by atoms with Gasteiger partial charge in [0, 0.05) is 17.7 Å². The molecular formula is C11H19N3O2S. The smallest absolute Gasteiger partial charge is 0.147 e. The number of pyridine rings is 1. The molecule has 0 radical (unpaired) electrons. The molecule has 0 aliphatic carbocycles. The zero-order chi connectivity index (χ0) is 12.9. The number of nitrogens with one attached hydrogen (secondary N) is 1. The molecule has 0 aromatic carbocycles. The Labute approximate surface area is 102 Å². The van der Waals surface area contributed by atoms with Crippen molar-refractivity contribution in [1.82, 2.24) is 10.4 Å². The fourth-order valence-corrected chi connectivity index (χ4v) is 2.32. The molecule has 0 aliphatic rings. The summed E-state index contributed by atoms with van der Waals surface area (Å²) in [6, 6.07) is 5.61. The van der Waals surface area contributed by atoms with Crippen LogP contribution in [-0.2, 0) is 9.84 Å². The molecular weight excluding hydrogens is 238 g/mol. The molecule has 0 saturated carbocycles. The maximum Gasteiger partial charge on any atom is 0.147 e. The van der Waals surface area contributed by atoms with E-state index in [4.69, 9.17) is 5.84 Å². The molecule has 5 nitrogen and oxygen atoms in total. The van der Waals surface area contributed by atoms with E-state index in [1.54, 1.807) is 0 Å². The first-order valence-corrected chi connectivity index (χ1v) is 7.56.